The van der Waals surface area contributed by atoms with Gasteiger partial charge in [-0.15, -0.1) is 0 Å². The summed E-state index contributed by atoms with van der Waals surface area (Å²) in [4.78, 5) is 0. The molecule has 0 aliphatic heterocycles. The maximum atomic E-state index is 9.14. The summed E-state index contributed by atoms with van der Waals surface area (Å²) in [5.74, 6) is 0. The first-order chi connectivity index (χ1) is 8.80. The predicted octanol–water partition coefficient (Wildman–Crippen LogP) is 3.54. The molecule has 0 bridgehead atoms. The SMILES string of the molecule is CCCCc1cn(CCO)c2ccc(CC)cc12. The Labute approximate surface area is 109 Å². The standard InChI is InChI=1S/C16H23NO/c1-3-5-6-14-12-17(9-10-18)16-8-7-13(4-2)11-15(14)16/h7-8,11-12,18H,3-6,9-10H2,1-2H3. The molecule has 0 unspecified atom stereocenters. The molecule has 1 aromatic carbocycles. The van der Waals surface area contributed by atoms with Gasteiger partial charge in [-0.1, -0.05) is 26.3 Å². The van der Waals surface area contributed by atoms with Gasteiger partial charge in [0.15, 0.2) is 0 Å². The summed E-state index contributed by atoms with van der Waals surface area (Å²) < 4.78 is 2.18. The van der Waals surface area contributed by atoms with E-state index in [4.69, 9.17) is 5.11 Å². The minimum atomic E-state index is 0.201. The molecule has 0 aliphatic rings. The van der Waals surface area contributed by atoms with Crippen LogP contribution >= 0.6 is 0 Å². The van der Waals surface area contributed by atoms with Crippen LogP contribution in [-0.2, 0) is 19.4 Å². The molecule has 0 amide bonds. The van der Waals surface area contributed by atoms with E-state index in [2.05, 4.69) is 42.8 Å². The van der Waals surface area contributed by atoms with Gasteiger partial charge < -0.3 is 9.67 Å². The van der Waals surface area contributed by atoms with Crippen molar-refractivity contribution in [3.63, 3.8) is 0 Å². The Hall–Kier alpha value is -1.28. The highest BCUT2D eigenvalue weighted by molar-refractivity contribution is 5.84. The van der Waals surface area contributed by atoms with Crippen LogP contribution in [0, 0.1) is 0 Å². The van der Waals surface area contributed by atoms with Gasteiger partial charge in [-0.25, -0.2) is 0 Å². The molecular formula is C16H23NO. The van der Waals surface area contributed by atoms with Crippen LogP contribution < -0.4 is 0 Å². The van der Waals surface area contributed by atoms with Crippen molar-refractivity contribution in [2.24, 2.45) is 0 Å². The van der Waals surface area contributed by atoms with Crippen molar-refractivity contribution in [2.75, 3.05) is 6.61 Å². The topological polar surface area (TPSA) is 25.2 Å². The molecule has 1 aromatic heterocycles. The Morgan fingerprint density at radius 1 is 1.22 bits per heavy atom. The number of hydrogen-bond acceptors (Lipinski definition) is 1. The minimum absolute atomic E-state index is 0.201. The van der Waals surface area contributed by atoms with Gasteiger partial charge >= 0.3 is 0 Å². The Morgan fingerprint density at radius 3 is 2.72 bits per heavy atom. The lowest BCUT2D eigenvalue weighted by Gasteiger charge is -2.03. The number of aliphatic hydroxyl groups excluding tert-OH is 1. The maximum absolute atomic E-state index is 9.14. The molecule has 0 fully saturated rings. The summed E-state index contributed by atoms with van der Waals surface area (Å²) in [6.45, 7) is 5.31. The summed E-state index contributed by atoms with van der Waals surface area (Å²) in [6.07, 6.45) is 6.89. The van der Waals surface area contributed by atoms with Crippen molar-refractivity contribution < 1.29 is 5.11 Å². The van der Waals surface area contributed by atoms with E-state index in [0.717, 1.165) is 12.8 Å². The van der Waals surface area contributed by atoms with Crippen LogP contribution in [0.4, 0.5) is 0 Å². The fraction of sp³-hybridized carbons (Fsp3) is 0.500. The number of fused-ring (bicyclic) bond motifs is 1. The van der Waals surface area contributed by atoms with Gasteiger partial charge in [0.25, 0.3) is 0 Å². The molecular weight excluding hydrogens is 222 g/mol. The van der Waals surface area contributed by atoms with Gasteiger partial charge in [0.2, 0.25) is 0 Å². The number of aromatic nitrogens is 1. The second kappa shape index (κ2) is 6.05. The molecule has 98 valence electrons. The molecule has 1 heterocycles. The normalized spacial score (nSPS) is 11.3. The molecule has 0 spiro atoms. The summed E-state index contributed by atoms with van der Waals surface area (Å²) in [7, 11) is 0. The lowest BCUT2D eigenvalue weighted by Crippen LogP contribution is -1.99. The van der Waals surface area contributed by atoms with Crippen LogP contribution in [-0.4, -0.2) is 16.3 Å². The Balaban J connectivity index is 2.46. The first-order valence-electron chi connectivity index (χ1n) is 7.01. The smallest absolute Gasteiger partial charge is 0.0610 e. The number of aliphatic hydroxyl groups is 1. The molecule has 0 saturated carbocycles. The van der Waals surface area contributed by atoms with Crippen LogP contribution in [0.5, 0.6) is 0 Å². The fourth-order valence-corrected chi connectivity index (χ4v) is 2.50. The van der Waals surface area contributed by atoms with E-state index in [1.54, 1.807) is 0 Å². The summed E-state index contributed by atoms with van der Waals surface area (Å²) in [5, 5.41) is 10.5. The third-order valence-corrected chi connectivity index (χ3v) is 3.58. The van der Waals surface area contributed by atoms with E-state index in [-0.39, 0.29) is 6.61 Å². The minimum Gasteiger partial charge on any atom is -0.395 e. The zero-order chi connectivity index (χ0) is 13.0. The maximum Gasteiger partial charge on any atom is 0.0610 e. The van der Waals surface area contributed by atoms with Crippen molar-refractivity contribution >= 4 is 10.9 Å². The number of rotatable bonds is 6. The van der Waals surface area contributed by atoms with Crippen molar-refractivity contribution in [1.29, 1.82) is 0 Å². The highest BCUT2D eigenvalue weighted by Crippen LogP contribution is 2.24. The van der Waals surface area contributed by atoms with Gasteiger partial charge in [0.1, 0.15) is 0 Å². The van der Waals surface area contributed by atoms with Crippen molar-refractivity contribution in [3.8, 4) is 0 Å². The zero-order valence-electron chi connectivity index (χ0n) is 11.4. The third kappa shape index (κ3) is 2.59. The Bertz CT molecular complexity index is 513. The van der Waals surface area contributed by atoms with Crippen LogP contribution in [0.25, 0.3) is 10.9 Å². The summed E-state index contributed by atoms with van der Waals surface area (Å²) in [6, 6.07) is 6.70. The van der Waals surface area contributed by atoms with Gasteiger partial charge in [-0.05, 0) is 42.5 Å². The van der Waals surface area contributed by atoms with E-state index in [1.807, 2.05) is 0 Å². The lowest BCUT2D eigenvalue weighted by atomic mass is 10.0. The molecule has 0 aliphatic carbocycles. The average Bonchev–Trinajstić information content (AvgIpc) is 2.74. The number of benzene rings is 1. The quantitative estimate of drug-likeness (QED) is 0.827. The van der Waals surface area contributed by atoms with Gasteiger partial charge in [-0.3, -0.25) is 0 Å². The van der Waals surface area contributed by atoms with Gasteiger partial charge in [0, 0.05) is 23.6 Å². The molecule has 2 heteroatoms. The first kappa shape index (κ1) is 13.2. The van der Waals surface area contributed by atoms with Crippen LogP contribution in [0.1, 0.15) is 37.8 Å². The van der Waals surface area contributed by atoms with E-state index in [0.29, 0.717) is 6.54 Å². The second-order valence-corrected chi connectivity index (χ2v) is 4.88. The third-order valence-electron chi connectivity index (χ3n) is 3.58. The van der Waals surface area contributed by atoms with Crippen molar-refractivity contribution in [2.45, 2.75) is 46.1 Å². The predicted molar refractivity (Wildman–Crippen MR) is 77.0 cm³/mol. The largest absolute Gasteiger partial charge is 0.395 e. The van der Waals surface area contributed by atoms with Gasteiger partial charge in [-0.2, -0.15) is 0 Å². The molecule has 0 radical (unpaired) electrons. The molecule has 2 rings (SSSR count). The average molecular weight is 245 g/mol. The number of unbranched alkanes of at least 4 members (excludes halogenated alkanes) is 1. The monoisotopic (exact) mass is 245 g/mol. The van der Waals surface area contributed by atoms with Crippen molar-refractivity contribution in [1.82, 2.24) is 4.57 Å². The van der Waals surface area contributed by atoms with E-state index in [1.165, 1.54) is 34.9 Å². The van der Waals surface area contributed by atoms with E-state index in [9.17, 15) is 0 Å². The highest BCUT2D eigenvalue weighted by Gasteiger charge is 2.08. The highest BCUT2D eigenvalue weighted by atomic mass is 16.3. The molecule has 2 aromatic rings. The van der Waals surface area contributed by atoms with E-state index >= 15 is 0 Å². The Morgan fingerprint density at radius 2 is 2.06 bits per heavy atom. The molecule has 18 heavy (non-hydrogen) atoms. The molecule has 1 N–H and O–H groups in total. The molecule has 0 saturated heterocycles. The lowest BCUT2D eigenvalue weighted by molar-refractivity contribution is 0.278. The van der Waals surface area contributed by atoms with E-state index < -0.39 is 0 Å². The molecule has 2 nitrogen and oxygen atoms in total. The van der Waals surface area contributed by atoms with Crippen LogP contribution in [0.15, 0.2) is 24.4 Å². The van der Waals surface area contributed by atoms with Crippen LogP contribution in [0.2, 0.25) is 0 Å². The number of nitrogens with zero attached hydrogens (tertiary/aromatic N) is 1. The van der Waals surface area contributed by atoms with Gasteiger partial charge in [0.05, 0.1) is 6.61 Å². The Kier molecular flexibility index (Phi) is 4.43. The zero-order valence-corrected chi connectivity index (χ0v) is 11.4. The first-order valence-corrected chi connectivity index (χ1v) is 7.01. The molecule has 0 atom stereocenters. The second-order valence-electron chi connectivity index (χ2n) is 4.88. The fourth-order valence-electron chi connectivity index (χ4n) is 2.50. The number of hydrogen-bond donors (Lipinski definition) is 1. The number of aryl methyl sites for hydroxylation is 2. The summed E-state index contributed by atoms with van der Waals surface area (Å²) in [5.41, 5.74) is 4.07. The summed E-state index contributed by atoms with van der Waals surface area (Å²) >= 11 is 0. The van der Waals surface area contributed by atoms with Crippen LogP contribution in [0.3, 0.4) is 0 Å². The van der Waals surface area contributed by atoms with Crippen molar-refractivity contribution in [3.05, 3.63) is 35.5 Å².